The van der Waals surface area contributed by atoms with Gasteiger partial charge in [0.2, 0.25) is 0 Å². The third-order valence-electron chi connectivity index (χ3n) is 3.59. The quantitative estimate of drug-likeness (QED) is 0.735. The minimum atomic E-state index is 0.254. The number of rotatable bonds is 4. The molecule has 2 heterocycles. The summed E-state index contributed by atoms with van der Waals surface area (Å²) in [6.45, 7) is 0. The Bertz CT molecular complexity index is 896. The fraction of sp³-hybridized carbons (Fsp3) is 0.100. The van der Waals surface area contributed by atoms with Gasteiger partial charge in [-0.25, -0.2) is 9.97 Å². The van der Waals surface area contributed by atoms with E-state index >= 15 is 0 Å². The maximum Gasteiger partial charge on any atom is 0.127 e. The Morgan fingerprint density at radius 1 is 0.958 bits per heavy atom. The molecule has 0 saturated heterocycles. The molecule has 0 atom stereocenters. The van der Waals surface area contributed by atoms with Crippen LogP contribution in [0.15, 0.2) is 60.8 Å². The molecule has 3 rings (SSSR count). The van der Waals surface area contributed by atoms with Crippen LogP contribution in [0.1, 0.15) is 11.3 Å². The second-order valence-electron chi connectivity index (χ2n) is 5.68. The lowest BCUT2D eigenvalue weighted by atomic mass is 10.2. The fourth-order valence-electron chi connectivity index (χ4n) is 2.30. The number of hydrogen-bond donors (Lipinski definition) is 1. The number of phenolic OH excluding ortho intramolecular Hbond substituents is 1. The van der Waals surface area contributed by atoms with Gasteiger partial charge in [-0.15, -0.1) is 0 Å². The van der Waals surface area contributed by atoms with Crippen molar-refractivity contribution in [3.63, 3.8) is 0 Å². The smallest absolute Gasteiger partial charge is 0.127 e. The predicted molar refractivity (Wildman–Crippen MR) is 100 cm³/mol. The van der Waals surface area contributed by atoms with Crippen molar-refractivity contribution in [3.05, 3.63) is 72.1 Å². The Morgan fingerprint density at radius 3 is 2.54 bits per heavy atom. The molecule has 1 N–H and O–H groups in total. The molecule has 2 aromatic heterocycles. The SMILES string of the molecule is CN([11CH3])c1ccc(/C=C/C=C/c2ccc3cc(O)ccc3n2)cn1. The van der Waals surface area contributed by atoms with Crippen LogP contribution in [-0.4, -0.2) is 29.2 Å². The number of nitrogens with zero attached hydrogens (tertiary/aromatic N) is 3. The van der Waals surface area contributed by atoms with Gasteiger partial charge in [0.15, 0.2) is 0 Å². The maximum atomic E-state index is 9.47. The zero-order valence-electron chi connectivity index (χ0n) is 13.7. The molecule has 0 spiro atoms. The van der Waals surface area contributed by atoms with E-state index in [9.17, 15) is 5.11 Å². The Hall–Kier alpha value is -3.14. The highest BCUT2D eigenvalue weighted by atomic mass is 16.3. The molecule has 0 radical (unpaired) electrons. The molecule has 120 valence electrons. The average Bonchev–Trinajstić information content (AvgIpc) is 2.59. The summed E-state index contributed by atoms with van der Waals surface area (Å²) >= 11 is 0. The van der Waals surface area contributed by atoms with Crippen molar-refractivity contribution in [1.82, 2.24) is 9.97 Å². The normalized spacial score (nSPS) is 11.6. The molecule has 0 saturated carbocycles. The van der Waals surface area contributed by atoms with Gasteiger partial charge in [-0.2, -0.15) is 0 Å². The van der Waals surface area contributed by atoms with Crippen LogP contribution in [0.2, 0.25) is 0 Å². The van der Waals surface area contributed by atoms with Crippen molar-refractivity contribution >= 4 is 28.9 Å². The Balaban J connectivity index is 1.70. The minimum absolute atomic E-state index is 0.254. The van der Waals surface area contributed by atoms with Gasteiger partial charge in [0.05, 0.1) is 11.2 Å². The second kappa shape index (κ2) is 6.96. The molecule has 4 nitrogen and oxygen atoms in total. The van der Waals surface area contributed by atoms with Crippen molar-refractivity contribution in [2.45, 2.75) is 0 Å². The van der Waals surface area contributed by atoms with E-state index in [1.165, 1.54) is 0 Å². The van der Waals surface area contributed by atoms with Gasteiger partial charge in [0.1, 0.15) is 11.6 Å². The molecule has 0 unspecified atom stereocenters. The third kappa shape index (κ3) is 3.79. The fourth-order valence-corrected chi connectivity index (χ4v) is 2.30. The zero-order valence-corrected chi connectivity index (χ0v) is 13.7. The number of fused-ring (bicyclic) bond motifs is 1. The number of hydrogen-bond acceptors (Lipinski definition) is 4. The van der Waals surface area contributed by atoms with Crippen LogP contribution in [0.5, 0.6) is 5.75 Å². The number of aromatic hydroxyl groups is 1. The van der Waals surface area contributed by atoms with Crippen LogP contribution in [0.25, 0.3) is 23.1 Å². The summed E-state index contributed by atoms with van der Waals surface area (Å²) in [5, 5.41) is 10.4. The van der Waals surface area contributed by atoms with Crippen molar-refractivity contribution in [3.8, 4) is 5.75 Å². The summed E-state index contributed by atoms with van der Waals surface area (Å²) in [5.74, 6) is 1.19. The first-order valence-electron chi connectivity index (χ1n) is 7.70. The monoisotopic (exact) mass is 316 g/mol. The van der Waals surface area contributed by atoms with Gasteiger partial charge in [0, 0.05) is 25.7 Å². The summed E-state index contributed by atoms with van der Waals surface area (Å²) in [6.07, 6.45) is 9.72. The lowest BCUT2D eigenvalue weighted by molar-refractivity contribution is 0.476. The molecule has 0 fully saturated rings. The summed E-state index contributed by atoms with van der Waals surface area (Å²) in [6, 6.07) is 13.1. The topological polar surface area (TPSA) is 49.2 Å². The number of pyridine rings is 2. The van der Waals surface area contributed by atoms with Gasteiger partial charge in [-0.3, -0.25) is 0 Å². The summed E-state index contributed by atoms with van der Waals surface area (Å²) in [5.41, 5.74) is 2.79. The van der Waals surface area contributed by atoms with Gasteiger partial charge in [-0.05, 0) is 48.0 Å². The molecular formula is C20H19N3O. The summed E-state index contributed by atoms with van der Waals surface area (Å²) in [4.78, 5) is 10.9. The van der Waals surface area contributed by atoms with Crippen LogP contribution in [0.3, 0.4) is 0 Å². The standard InChI is InChI=1S/C20H19N3O/c1-23(2)20-12-7-15(14-21-20)5-3-4-6-17-9-8-16-13-18(24)10-11-19(16)22-17/h3-14,24H,1-2H3/b5-3+,6-4+/i1-1. The van der Waals surface area contributed by atoms with E-state index in [0.29, 0.717) is 0 Å². The van der Waals surface area contributed by atoms with Gasteiger partial charge < -0.3 is 10.0 Å². The van der Waals surface area contributed by atoms with Crippen LogP contribution in [-0.2, 0) is 0 Å². The predicted octanol–water partition coefficient (Wildman–Crippen LogP) is 4.13. The first-order chi connectivity index (χ1) is 11.6. The molecule has 0 bridgehead atoms. The number of aromatic nitrogens is 2. The van der Waals surface area contributed by atoms with Crippen LogP contribution >= 0.6 is 0 Å². The highest BCUT2D eigenvalue weighted by Crippen LogP contribution is 2.19. The first kappa shape index (κ1) is 15.7. The van der Waals surface area contributed by atoms with Crippen LogP contribution in [0.4, 0.5) is 5.82 Å². The molecule has 0 amide bonds. The summed E-state index contributed by atoms with van der Waals surface area (Å²) < 4.78 is 0. The Labute approximate surface area is 141 Å². The van der Waals surface area contributed by atoms with Gasteiger partial charge in [0.25, 0.3) is 0 Å². The second-order valence-corrected chi connectivity index (χ2v) is 5.68. The number of phenols is 1. The molecular weight excluding hydrogens is 297 g/mol. The van der Waals surface area contributed by atoms with E-state index in [1.54, 1.807) is 12.1 Å². The van der Waals surface area contributed by atoms with Gasteiger partial charge >= 0.3 is 0 Å². The molecule has 0 aliphatic heterocycles. The Kier molecular flexibility index (Phi) is 4.57. The molecule has 1 aromatic carbocycles. The number of benzene rings is 1. The largest absolute Gasteiger partial charge is 0.508 e. The maximum absolute atomic E-state index is 9.47. The van der Waals surface area contributed by atoms with Crippen molar-refractivity contribution in [1.29, 1.82) is 0 Å². The number of anilines is 1. The Morgan fingerprint density at radius 2 is 1.79 bits per heavy atom. The minimum Gasteiger partial charge on any atom is -0.508 e. The van der Waals surface area contributed by atoms with Crippen molar-refractivity contribution < 1.29 is 5.11 Å². The van der Waals surface area contributed by atoms with Gasteiger partial charge in [-0.1, -0.05) is 24.3 Å². The van der Waals surface area contributed by atoms with Crippen LogP contribution < -0.4 is 4.90 Å². The highest BCUT2D eigenvalue weighted by molar-refractivity contribution is 5.81. The van der Waals surface area contributed by atoms with E-state index in [0.717, 1.165) is 28.0 Å². The van der Waals surface area contributed by atoms with E-state index in [4.69, 9.17) is 0 Å². The van der Waals surface area contributed by atoms with Crippen LogP contribution in [0, 0.1) is 0 Å². The highest BCUT2D eigenvalue weighted by Gasteiger charge is 1.97. The molecule has 24 heavy (non-hydrogen) atoms. The lowest BCUT2D eigenvalue weighted by Crippen LogP contribution is -2.09. The zero-order chi connectivity index (χ0) is 16.9. The first-order valence-corrected chi connectivity index (χ1v) is 7.70. The lowest BCUT2D eigenvalue weighted by Gasteiger charge is -2.10. The van der Waals surface area contributed by atoms with Crippen molar-refractivity contribution in [2.75, 3.05) is 19.0 Å². The average molecular weight is 316 g/mol. The van der Waals surface area contributed by atoms with E-state index in [1.807, 2.05) is 79.8 Å². The molecule has 0 aliphatic carbocycles. The van der Waals surface area contributed by atoms with E-state index in [-0.39, 0.29) is 5.75 Å². The summed E-state index contributed by atoms with van der Waals surface area (Å²) in [7, 11) is 3.94. The third-order valence-corrected chi connectivity index (χ3v) is 3.59. The van der Waals surface area contributed by atoms with Crippen molar-refractivity contribution in [2.24, 2.45) is 0 Å². The molecule has 0 aliphatic rings. The van der Waals surface area contributed by atoms with E-state index in [2.05, 4.69) is 9.97 Å². The molecule has 4 heteroatoms. The molecule has 3 aromatic rings. The van der Waals surface area contributed by atoms with E-state index < -0.39 is 0 Å². The number of allylic oxidation sites excluding steroid dienone is 2.